The number of aliphatic carboxylic acids is 1. The second-order valence-corrected chi connectivity index (χ2v) is 8.30. The van der Waals surface area contributed by atoms with Crippen molar-refractivity contribution in [1.29, 1.82) is 0 Å². The topological polar surface area (TPSA) is 176 Å². The van der Waals surface area contributed by atoms with Crippen molar-refractivity contribution in [2.24, 2.45) is 5.16 Å². The molecule has 0 spiro atoms. The Labute approximate surface area is 197 Å². The minimum absolute atomic E-state index is 0.00897. The van der Waals surface area contributed by atoms with Crippen LogP contribution in [0.25, 0.3) is 0 Å². The Morgan fingerprint density at radius 2 is 2.03 bits per heavy atom. The molecule has 176 valence electrons. The number of oxime groups is 1. The number of thiazole rings is 1. The summed E-state index contributed by atoms with van der Waals surface area (Å²) in [6.45, 7) is 0. The second-order valence-electron chi connectivity index (χ2n) is 7.41. The van der Waals surface area contributed by atoms with Crippen LogP contribution >= 0.6 is 11.3 Å². The van der Waals surface area contributed by atoms with Gasteiger partial charge in [-0.1, -0.05) is 23.4 Å². The van der Waals surface area contributed by atoms with E-state index < -0.39 is 41.5 Å². The summed E-state index contributed by atoms with van der Waals surface area (Å²) < 4.78 is 0. The monoisotopic (exact) mass is 484 g/mol. The molecular formula is C21H20N6O6S. The van der Waals surface area contributed by atoms with Gasteiger partial charge in [-0.25, -0.2) is 9.78 Å². The number of nitrogens with one attached hydrogen (secondary N) is 2. The molecule has 2 aromatic rings. The molecule has 2 aliphatic rings. The maximum Gasteiger partial charge on any atom is 0.353 e. The highest BCUT2D eigenvalue weighted by atomic mass is 32.1. The highest BCUT2D eigenvalue weighted by molar-refractivity contribution is 7.13. The normalized spacial score (nSPS) is 19.7. The summed E-state index contributed by atoms with van der Waals surface area (Å²) in [5.41, 5.74) is 5.73. The van der Waals surface area contributed by atoms with E-state index in [4.69, 9.17) is 10.6 Å². The van der Waals surface area contributed by atoms with Gasteiger partial charge < -0.3 is 26.3 Å². The minimum atomic E-state index is -1.40. The molecule has 0 bridgehead atoms. The predicted octanol–water partition coefficient (Wildman–Crippen LogP) is 0.543. The van der Waals surface area contributed by atoms with Gasteiger partial charge in [0.1, 0.15) is 24.5 Å². The van der Waals surface area contributed by atoms with Crippen LogP contribution in [0.4, 0.5) is 10.8 Å². The predicted molar refractivity (Wildman–Crippen MR) is 122 cm³/mol. The minimum Gasteiger partial charge on any atom is -0.477 e. The Morgan fingerprint density at radius 3 is 2.65 bits per heavy atom. The smallest absolute Gasteiger partial charge is 0.353 e. The van der Waals surface area contributed by atoms with E-state index in [1.807, 2.05) is 0 Å². The van der Waals surface area contributed by atoms with Gasteiger partial charge in [0.25, 0.3) is 17.7 Å². The Morgan fingerprint density at radius 1 is 1.29 bits per heavy atom. The number of fused-ring (bicyclic) bond motifs is 1. The van der Waals surface area contributed by atoms with Crippen LogP contribution in [0.15, 0.2) is 52.1 Å². The van der Waals surface area contributed by atoms with Crippen LogP contribution in [0.2, 0.25) is 0 Å². The third-order valence-corrected chi connectivity index (χ3v) is 6.07. The molecule has 3 heterocycles. The van der Waals surface area contributed by atoms with Crippen LogP contribution in [0.3, 0.4) is 0 Å². The van der Waals surface area contributed by atoms with E-state index >= 15 is 0 Å². The van der Waals surface area contributed by atoms with Crippen LogP contribution in [-0.2, 0) is 24.0 Å². The molecular weight excluding hydrogens is 464 g/mol. The Kier molecular flexibility index (Phi) is 6.27. The van der Waals surface area contributed by atoms with Gasteiger partial charge in [0.15, 0.2) is 10.8 Å². The first-order chi connectivity index (χ1) is 16.3. The van der Waals surface area contributed by atoms with Gasteiger partial charge in [-0.15, -0.1) is 11.3 Å². The molecule has 0 aliphatic carbocycles. The number of β-lactam (4-membered cyclic amide) rings is 1. The number of nitrogens with two attached hydrogens (primary N) is 1. The first-order valence-electron chi connectivity index (χ1n) is 10.1. The molecule has 1 fully saturated rings. The average Bonchev–Trinajstić information content (AvgIpc) is 3.25. The number of amides is 3. The number of nitrogens with zero attached hydrogens (tertiary/aromatic N) is 3. The number of para-hydroxylation sites is 1. The van der Waals surface area contributed by atoms with E-state index in [9.17, 15) is 24.3 Å². The fraction of sp³-hybridized carbons (Fsp3) is 0.238. The maximum absolute atomic E-state index is 12.9. The molecule has 34 heavy (non-hydrogen) atoms. The Balaban J connectivity index is 1.53. The number of benzene rings is 1. The number of carboxylic acids is 1. The third-order valence-electron chi connectivity index (χ3n) is 5.39. The number of carbonyl (C=O) groups excluding carboxylic acids is 3. The van der Waals surface area contributed by atoms with Gasteiger partial charge in [-0.05, 0) is 25.0 Å². The van der Waals surface area contributed by atoms with Crippen LogP contribution in [0.1, 0.15) is 18.5 Å². The van der Waals surface area contributed by atoms with Crippen molar-refractivity contribution in [3.63, 3.8) is 0 Å². The summed E-state index contributed by atoms with van der Waals surface area (Å²) in [6.07, 6.45) is 0.397. The average molecular weight is 484 g/mol. The van der Waals surface area contributed by atoms with E-state index in [0.717, 1.165) is 16.2 Å². The van der Waals surface area contributed by atoms with Crippen LogP contribution in [-0.4, -0.2) is 63.6 Å². The number of hydrogen-bond donors (Lipinski definition) is 4. The van der Waals surface area contributed by atoms with Gasteiger partial charge in [-0.2, -0.15) is 0 Å². The molecule has 4 rings (SSSR count). The number of carbonyl (C=O) groups is 4. The highest BCUT2D eigenvalue weighted by Crippen LogP contribution is 2.37. The molecule has 1 aromatic heterocycles. The molecule has 12 nitrogen and oxygen atoms in total. The molecule has 5 N–H and O–H groups in total. The van der Waals surface area contributed by atoms with Crippen LogP contribution in [0, 0.1) is 0 Å². The molecule has 0 unspecified atom stereocenters. The van der Waals surface area contributed by atoms with Crippen molar-refractivity contribution in [3.8, 4) is 0 Å². The summed E-state index contributed by atoms with van der Waals surface area (Å²) in [4.78, 5) is 60.2. The van der Waals surface area contributed by atoms with Crippen molar-refractivity contribution < 1.29 is 29.1 Å². The van der Waals surface area contributed by atoms with Crippen molar-refractivity contribution in [3.05, 3.63) is 52.7 Å². The maximum atomic E-state index is 12.9. The van der Waals surface area contributed by atoms with Gasteiger partial charge in [0, 0.05) is 16.6 Å². The number of carboxylic acid groups (broad SMARTS) is 1. The number of anilines is 2. The fourth-order valence-electron chi connectivity index (χ4n) is 3.91. The van der Waals surface area contributed by atoms with Crippen molar-refractivity contribution in [1.82, 2.24) is 15.2 Å². The zero-order valence-electron chi connectivity index (χ0n) is 17.8. The van der Waals surface area contributed by atoms with Gasteiger partial charge >= 0.3 is 5.97 Å². The lowest BCUT2D eigenvalue weighted by atomic mass is 9.83. The standard InChI is InChI=1S/C21H20N6O6S/c1-33-26-14(12-9-34-21(22)24-12)18(29)25-15-13-8-7-11(16(20(31)32)27(13)19(15)30)17(28)23-10-5-3-2-4-6-10/h2-6,9,13,15H,7-8H2,1H3,(H2,22,24)(H,23,28)(H,25,29)(H,31,32)/b26-14-/t13-,15+/m1/s1. The summed E-state index contributed by atoms with van der Waals surface area (Å²) in [7, 11) is 1.26. The van der Waals surface area contributed by atoms with E-state index in [2.05, 4.69) is 20.8 Å². The Hall–Kier alpha value is -4.26. The molecule has 1 saturated heterocycles. The van der Waals surface area contributed by atoms with Crippen LogP contribution < -0.4 is 16.4 Å². The second kappa shape index (κ2) is 9.31. The summed E-state index contributed by atoms with van der Waals surface area (Å²) in [6, 6.07) is 6.96. The SMILES string of the molecule is CO/N=C(\C(=O)N[C@@H]1C(=O)N2C(C(=O)O)=C(C(=O)Nc3ccccc3)CC[C@H]12)c1csc(N)n1. The summed E-state index contributed by atoms with van der Waals surface area (Å²) in [5.74, 6) is -3.37. The van der Waals surface area contributed by atoms with Gasteiger partial charge in [0.05, 0.1) is 6.04 Å². The lowest BCUT2D eigenvalue weighted by Crippen LogP contribution is -2.72. The fourth-order valence-corrected chi connectivity index (χ4v) is 4.46. The summed E-state index contributed by atoms with van der Waals surface area (Å²) in [5, 5.41) is 20.4. The van der Waals surface area contributed by atoms with E-state index in [1.54, 1.807) is 30.3 Å². The molecule has 1 aromatic carbocycles. The first-order valence-corrected chi connectivity index (χ1v) is 11.0. The number of aromatic nitrogens is 1. The highest BCUT2D eigenvalue weighted by Gasteiger charge is 2.54. The van der Waals surface area contributed by atoms with Crippen LogP contribution in [0.5, 0.6) is 0 Å². The van der Waals surface area contributed by atoms with Crippen molar-refractivity contribution >= 4 is 51.6 Å². The van der Waals surface area contributed by atoms with E-state index in [-0.39, 0.29) is 35.0 Å². The number of hydrogen-bond acceptors (Lipinski definition) is 9. The van der Waals surface area contributed by atoms with E-state index in [0.29, 0.717) is 5.69 Å². The van der Waals surface area contributed by atoms with Crippen molar-refractivity contribution in [2.75, 3.05) is 18.2 Å². The van der Waals surface area contributed by atoms with Gasteiger partial charge in [0.2, 0.25) is 0 Å². The zero-order valence-corrected chi connectivity index (χ0v) is 18.7. The molecule has 0 radical (unpaired) electrons. The number of rotatable bonds is 7. The lowest BCUT2D eigenvalue weighted by Gasteiger charge is -2.49. The van der Waals surface area contributed by atoms with Crippen molar-refractivity contribution in [2.45, 2.75) is 24.9 Å². The first kappa shape index (κ1) is 22.9. The van der Waals surface area contributed by atoms with E-state index in [1.165, 1.54) is 12.5 Å². The quantitative estimate of drug-likeness (QED) is 0.250. The third kappa shape index (κ3) is 4.20. The zero-order chi connectivity index (χ0) is 24.4. The summed E-state index contributed by atoms with van der Waals surface area (Å²) >= 11 is 1.11. The molecule has 3 amide bonds. The Bertz CT molecular complexity index is 1220. The lowest BCUT2D eigenvalue weighted by molar-refractivity contribution is -0.155. The molecule has 0 saturated carbocycles. The molecule has 2 atom stereocenters. The molecule has 2 aliphatic heterocycles. The van der Waals surface area contributed by atoms with Gasteiger partial charge in [-0.3, -0.25) is 19.3 Å². The largest absolute Gasteiger partial charge is 0.477 e. The molecule has 13 heteroatoms. The number of nitrogen functional groups attached to an aromatic ring is 1.